The molecular formula is C23H19ClN4O3S. The maximum atomic E-state index is 13.0. The van der Waals surface area contributed by atoms with Crippen LogP contribution in [0.4, 0.5) is 11.4 Å². The Hall–Kier alpha value is -3.59. The van der Waals surface area contributed by atoms with Crippen LogP contribution in [-0.4, -0.2) is 19.3 Å². The summed E-state index contributed by atoms with van der Waals surface area (Å²) in [5.74, 6) is -0.375. The molecule has 4 rings (SSSR count). The third-order valence-electron chi connectivity index (χ3n) is 4.95. The predicted octanol–water partition coefficient (Wildman–Crippen LogP) is 4.48. The number of H-pyrrole nitrogens is 1. The first-order valence-corrected chi connectivity index (χ1v) is 11.4. The summed E-state index contributed by atoms with van der Waals surface area (Å²) < 4.78 is 23.2. The molecule has 0 aliphatic carbocycles. The number of nitrogen functional groups attached to an aromatic ring is 1. The first-order valence-electron chi connectivity index (χ1n) is 9.49. The van der Waals surface area contributed by atoms with Gasteiger partial charge in [0, 0.05) is 23.0 Å². The van der Waals surface area contributed by atoms with Gasteiger partial charge in [-0.25, -0.2) is 13.6 Å². The average molecular weight is 467 g/mol. The Morgan fingerprint density at radius 2 is 1.56 bits per heavy atom. The minimum Gasteiger partial charge on any atom is -0.398 e. The van der Waals surface area contributed by atoms with Crippen LogP contribution >= 0.6 is 11.6 Å². The van der Waals surface area contributed by atoms with Crippen LogP contribution in [0.3, 0.4) is 0 Å². The maximum absolute atomic E-state index is 13.0. The summed E-state index contributed by atoms with van der Waals surface area (Å²) in [5, 5.41) is 8.60. The van der Waals surface area contributed by atoms with E-state index in [1.54, 1.807) is 48.8 Å². The van der Waals surface area contributed by atoms with Gasteiger partial charge in [-0.05, 0) is 59.2 Å². The van der Waals surface area contributed by atoms with Crippen molar-refractivity contribution in [3.05, 3.63) is 89.7 Å². The number of carbonyl (C=O) groups is 1. The number of primary sulfonamides is 1. The lowest BCUT2D eigenvalue weighted by Crippen LogP contribution is -2.14. The Balaban J connectivity index is 1.85. The molecule has 0 bridgehead atoms. The van der Waals surface area contributed by atoms with E-state index in [1.165, 1.54) is 12.1 Å². The van der Waals surface area contributed by atoms with Gasteiger partial charge >= 0.3 is 0 Å². The fraction of sp³-hybridized carbons (Fsp3) is 0. The van der Waals surface area contributed by atoms with Gasteiger partial charge in [0.25, 0.3) is 5.91 Å². The van der Waals surface area contributed by atoms with Gasteiger partial charge in [0.15, 0.2) is 0 Å². The number of amides is 1. The van der Waals surface area contributed by atoms with Crippen LogP contribution in [0, 0.1) is 0 Å². The number of sulfonamides is 1. The van der Waals surface area contributed by atoms with E-state index in [9.17, 15) is 13.2 Å². The number of carbonyl (C=O) groups excluding carboxylic acids is 1. The van der Waals surface area contributed by atoms with Crippen molar-refractivity contribution in [1.82, 2.24) is 4.98 Å². The second-order valence-corrected chi connectivity index (χ2v) is 9.11. The Morgan fingerprint density at radius 1 is 0.906 bits per heavy atom. The van der Waals surface area contributed by atoms with Crippen LogP contribution in [0.15, 0.2) is 84.0 Å². The van der Waals surface area contributed by atoms with Crippen molar-refractivity contribution in [2.24, 2.45) is 5.14 Å². The highest BCUT2D eigenvalue weighted by molar-refractivity contribution is 7.89. The van der Waals surface area contributed by atoms with Gasteiger partial charge in [0.05, 0.1) is 21.8 Å². The van der Waals surface area contributed by atoms with E-state index in [0.29, 0.717) is 21.8 Å². The molecule has 1 aromatic heterocycles. The SMILES string of the molecule is Nc1c(C(=O)Nc2cc[nH]c2)cc(-c2ccc(Cl)cc2)cc1-c1ccc(S(N)(=O)=O)cc1. The average Bonchev–Trinajstić information content (AvgIpc) is 3.27. The molecule has 9 heteroatoms. The standard InChI is InChI=1S/C23H19ClN4O3S/c24-17-5-1-14(2-6-17)16-11-20(15-3-7-19(8-4-15)32(26,30)31)22(25)21(12-16)23(29)28-18-9-10-27-13-18/h1-13,27H,25H2,(H,28,29)(H2,26,30,31). The van der Waals surface area contributed by atoms with Crippen LogP contribution < -0.4 is 16.2 Å². The number of anilines is 2. The van der Waals surface area contributed by atoms with Gasteiger partial charge in [-0.2, -0.15) is 0 Å². The molecule has 1 heterocycles. The highest BCUT2D eigenvalue weighted by Gasteiger charge is 2.18. The fourth-order valence-corrected chi connectivity index (χ4v) is 3.95. The molecule has 32 heavy (non-hydrogen) atoms. The fourth-order valence-electron chi connectivity index (χ4n) is 3.31. The smallest absolute Gasteiger partial charge is 0.257 e. The van der Waals surface area contributed by atoms with E-state index in [0.717, 1.165) is 11.1 Å². The summed E-state index contributed by atoms with van der Waals surface area (Å²) in [6.45, 7) is 0. The third kappa shape index (κ3) is 4.52. The molecular weight excluding hydrogens is 448 g/mol. The summed E-state index contributed by atoms with van der Waals surface area (Å²) in [5.41, 5.74) is 10.4. The molecule has 3 aromatic carbocycles. The predicted molar refractivity (Wildman–Crippen MR) is 127 cm³/mol. The normalized spacial score (nSPS) is 11.3. The Kier molecular flexibility index (Phi) is 5.75. The number of rotatable bonds is 5. The zero-order valence-electron chi connectivity index (χ0n) is 16.7. The quantitative estimate of drug-likeness (QED) is 0.323. The molecule has 0 unspecified atom stereocenters. The highest BCUT2D eigenvalue weighted by Crippen LogP contribution is 2.35. The van der Waals surface area contributed by atoms with E-state index in [-0.39, 0.29) is 22.1 Å². The molecule has 0 atom stereocenters. The molecule has 0 radical (unpaired) electrons. The number of aromatic nitrogens is 1. The van der Waals surface area contributed by atoms with Crippen LogP contribution in [0.2, 0.25) is 5.02 Å². The van der Waals surface area contributed by atoms with Gasteiger partial charge in [0.1, 0.15) is 0 Å². The lowest BCUT2D eigenvalue weighted by atomic mass is 9.93. The van der Waals surface area contributed by atoms with Crippen molar-refractivity contribution in [2.75, 3.05) is 11.1 Å². The Labute approximate surface area is 190 Å². The third-order valence-corrected chi connectivity index (χ3v) is 6.13. The molecule has 0 aliphatic rings. The highest BCUT2D eigenvalue weighted by atomic mass is 35.5. The van der Waals surface area contributed by atoms with E-state index in [2.05, 4.69) is 10.3 Å². The number of hydrogen-bond donors (Lipinski definition) is 4. The maximum Gasteiger partial charge on any atom is 0.257 e. The second-order valence-electron chi connectivity index (χ2n) is 7.12. The van der Waals surface area contributed by atoms with E-state index >= 15 is 0 Å². The zero-order valence-corrected chi connectivity index (χ0v) is 18.2. The van der Waals surface area contributed by atoms with Gasteiger partial charge < -0.3 is 16.0 Å². The molecule has 0 saturated carbocycles. The van der Waals surface area contributed by atoms with Crippen molar-refractivity contribution in [3.63, 3.8) is 0 Å². The van der Waals surface area contributed by atoms with Gasteiger partial charge in [-0.3, -0.25) is 4.79 Å². The lowest BCUT2D eigenvalue weighted by molar-refractivity contribution is 0.102. The summed E-state index contributed by atoms with van der Waals surface area (Å²) in [6, 6.07) is 18.5. The number of benzene rings is 3. The van der Waals surface area contributed by atoms with Crippen molar-refractivity contribution in [3.8, 4) is 22.3 Å². The topological polar surface area (TPSA) is 131 Å². The van der Waals surface area contributed by atoms with Crippen molar-refractivity contribution in [2.45, 2.75) is 4.90 Å². The second kappa shape index (κ2) is 8.51. The molecule has 0 saturated heterocycles. The first kappa shape index (κ1) is 21.6. The molecule has 4 aromatic rings. The van der Waals surface area contributed by atoms with E-state index in [4.69, 9.17) is 22.5 Å². The summed E-state index contributed by atoms with van der Waals surface area (Å²) in [4.78, 5) is 15.9. The molecule has 7 nitrogen and oxygen atoms in total. The lowest BCUT2D eigenvalue weighted by Gasteiger charge is -2.15. The monoisotopic (exact) mass is 466 g/mol. The molecule has 0 fully saturated rings. The van der Waals surface area contributed by atoms with Crippen LogP contribution in [0.1, 0.15) is 10.4 Å². The van der Waals surface area contributed by atoms with E-state index in [1.807, 2.05) is 18.2 Å². The van der Waals surface area contributed by atoms with Crippen molar-refractivity contribution < 1.29 is 13.2 Å². The summed E-state index contributed by atoms with van der Waals surface area (Å²) >= 11 is 6.02. The van der Waals surface area contributed by atoms with E-state index < -0.39 is 10.0 Å². The summed E-state index contributed by atoms with van der Waals surface area (Å²) in [7, 11) is -3.83. The minimum atomic E-state index is -3.83. The molecule has 1 amide bonds. The number of aromatic amines is 1. The Morgan fingerprint density at radius 3 is 2.16 bits per heavy atom. The zero-order chi connectivity index (χ0) is 22.9. The molecule has 6 N–H and O–H groups in total. The molecule has 0 spiro atoms. The number of hydrogen-bond acceptors (Lipinski definition) is 4. The largest absolute Gasteiger partial charge is 0.398 e. The number of nitrogens with two attached hydrogens (primary N) is 2. The minimum absolute atomic E-state index is 0.0147. The first-order chi connectivity index (χ1) is 15.2. The van der Waals surface area contributed by atoms with Crippen LogP contribution in [-0.2, 0) is 10.0 Å². The molecule has 0 aliphatic heterocycles. The van der Waals surface area contributed by atoms with Gasteiger partial charge in [-0.15, -0.1) is 0 Å². The number of nitrogens with one attached hydrogen (secondary N) is 2. The van der Waals surface area contributed by atoms with Crippen molar-refractivity contribution in [1.29, 1.82) is 0 Å². The molecule has 162 valence electrons. The summed E-state index contributed by atoms with van der Waals surface area (Å²) in [6.07, 6.45) is 3.35. The van der Waals surface area contributed by atoms with Gasteiger partial charge in [-0.1, -0.05) is 35.9 Å². The van der Waals surface area contributed by atoms with Crippen molar-refractivity contribution >= 4 is 38.9 Å². The van der Waals surface area contributed by atoms with Crippen LogP contribution in [0.5, 0.6) is 0 Å². The Bertz CT molecular complexity index is 1380. The number of halogens is 1. The van der Waals surface area contributed by atoms with Gasteiger partial charge in [0.2, 0.25) is 10.0 Å². The van der Waals surface area contributed by atoms with Crippen LogP contribution in [0.25, 0.3) is 22.3 Å².